The van der Waals surface area contributed by atoms with Crippen molar-refractivity contribution >= 4 is 48.6 Å². The maximum Gasteiger partial charge on any atom is 0.338 e. The minimum Gasteiger partial charge on any atom is -0.451 e. The van der Waals surface area contributed by atoms with Gasteiger partial charge in [-0.3, -0.25) is 0 Å². The Labute approximate surface area is 191 Å². The highest BCUT2D eigenvalue weighted by molar-refractivity contribution is 9.10. The van der Waals surface area contributed by atoms with Crippen LogP contribution in [0.4, 0.5) is 0 Å². The zero-order chi connectivity index (χ0) is 21.1. The molecule has 0 aliphatic carbocycles. The Kier molecular flexibility index (Phi) is 6.32. The largest absolute Gasteiger partial charge is 0.451 e. The van der Waals surface area contributed by atoms with Crippen LogP contribution < -0.4 is 0 Å². The highest BCUT2D eigenvalue weighted by atomic mass is 79.9. The van der Waals surface area contributed by atoms with E-state index in [0.29, 0.717) is 16.7 Å². The van der Waals surface area contributed by atoms with Crippen molar-refractivity contribution in [3.63, 3.8) is 0 Å². The summed E-state index contributed by atoms with van der Waals surface area (Å²) in [6.45, 7) is 0. The van der Waals surface area contributed by atoms with Crippen LogP contribution >= 0.6 is 31.9 Å². The van der Waals surface area contributed by atoms with E-state index in [9.17, 15) is 9.90 Å². The zero-order valence-corrected chi connectivity index (χ0v) is 19.0. The summed E-state index contributed by atoms with van der Waals surface area (Å²) in [4.78, 5) is 13.0. The molecule has 0 radical (unpaired) electrons. The molecular formula is C25H18Br2O3. The first kappa shape index (κ1) is 20.8. The van der Waals surface area contributed by atoms with E-state index in [2.05, 4.69) is 31.9 Å². The fourth-order valence-corrected chi connectivity index (χ4v) is 3.83. The molecule has 30 heavy (non-hydrogen) atoms. The number of hydrogen-bond acceptors (Lipinski definition) is 3. The fourth-order valence-electron chi connectivity index (χ4n) is 3.30. The lowest BCUT2D eigenvalue weighted by atomic mass is 9.98. The van der Waals surface area contributed by atoms with Crippen molar-refractivity contribution in [2.45, 2.75) is 12.2 Å². The van der Waals surface area contributed by atoms with Crippen LogP contribution in [-0.2, 0) is 4.74 Å². The normalized spacial score (nSPS) is 13.0. The Morgan fingerprint density at radius 1 is 0.733 bits per heavy atom. The van der Waals surface area contributed by atoms with Gasteiger partial charge < -0.3 is 9.84 Å². The molecule has 0 spiro atoms. The van der Waals surface area contributed by atoms with E-state index >= 15 is 0 Å². The highest BCUT2D eigenvalue weighted by Crippen LogP contribution is 2.34. The molecule has 1 N–H and O–H groups in total. The summed E-state index contributed by atoms with van der Waals surface area (Å²) >= 11 is 6.82. The molecule has 0 saturated carbocycles. The average molecular weight is 526 g/mol. The van der Waals surface area contributed by atoms with E-state index in [-0.39, 0.29) is 0 Å². The van der Waals surface area contributed by atoms with Crippen LogP contribution in [0.15, 0.2) is 99.9 Å². The molecule has 0 bridgehead atoms. The van der Waals surface area contributed by atoms with Gasteiger partial charge in [0.15, 0.2) is 6.10 Å². The first-order valence-corrected chi connectivity index (χ1v) is 11.0. The Bertz CT molecular complexity index is 1170. The molecule has 4 aromatic carbocycles. The number of carbonyl (C=O) groups excluding carboxylic acids is 1. The van der Waals surface area contributed by atoms with Gasteiger partial charge in [-0.25, -0.2) is 4.79 Å². The first-order chi connectivity index (χ1) is 14.5. The van der Waals surface area contributed by atoms with Gasteiger partial charge in [0.05, 0.1) is 5.56 Å². The van der Waals surface area contributed by atoms with Crippen LogP contribution in [0.3, 0.4) is 0 Å². The Hall–Kier alpha value is -2.47. The smallest absolute Gasteiger partial charge is 0.338 e. The summed E-state index contributed by atoms with van der Waals surface area (Å²) < 4.78 is 7.66. The molecular weight excluding hydrogens is 508 g/mol. The molecule has 2 atom stereocenters. The number of hydrogen-bond donors (Lipinski definition) is 1. The van der Waals surface area contributed by atoms with Gasteiger partial charge in [-0.1, -0.05) is 86.5 Å². The van der Waals surface area contributed by atoms with Gasteiger partial charge >= 0.3 is 5.97 Å². The quantitative estimate of drug-likeness (QED) is 0.285. The molecule has 0 aromatic heterocycles. The van der Waals surface area contributed by atoms with E-state index in [4.69, 9.17) is 4.74 Å². The Morgan fingerprint density at radius 2 is 1.30 bits per heavy atom. The number of aliphatic hydroxyl groups is 1. The molecule has 0 aliphatic rings. The molecule has 3 nitrogen and oxygen atoms in total. The second kappa shape index (κ2) is 9.13. The lowest BCUT2D eigenvalue weighted by Crippen LogP contribution is -2.19. The Morgan fingerprint density at radius 3 is 1.93 bits per heavy atom. The Balaban J connectivity index is 1.66. The van der Waals surface area contributed by atoms with E-state index in [0.717, 1.165) is 19.7 Å². The van der Waals surface area contributed by atoms with Crippen molar-refractivity contribution in [2.24, 2.45) is 0 Å². The number of benzene rings is 4. The number of fused-ring (bicyclic) bond motifs is 1. The van der Waals surface area contributed by atoms with E-state index in [1.54, 1.807) is 6.07 Å². The maximum atomic E-state index is 13.0. The van der Waals surface area contributed by atoms with Crippen LogP contribution in [-0.4, -0.2) is 11.1 Å². The number of esters is 1. The van der Waals surface area contributed by atoms with Crippen LogP contribution in [0, 0.1) is 0 Å². The molecule has 4 aromatic rings. The van der Waals surface area contributed by atoms with Gasteiger partial charge in [-0.2, -0.15) is 0 Å². The van der Waals surface area contributed by atoms with Gasteiger partial charge in [0, 0.05) is 8.95 Å². The highest BCUT2D eigenvalue weighted by Gasteiger charge is 2.27. The molecule has 0 saturated heterocycles. The average Bonchev–Trinajstić information content (AvgIpc) is 2.78. The lowest BCUT2D eigenvalue weighted by Gasteiger charge is -2.24. The fraction of sp³-hybridized carbons (Fsp3) is 0.0800. The minimum absolute atomic E-state index is 0.443. The maximum absolute atomic E-state index is 13.0. The molecule has 0 unspecified atom stereocenters. The van der Waals surface area contributed by atoms with Gasteiger partial charge in [-0.15, -0.1) is 0 Å². The predicted molar refractivity (Wildman–Crippen MR) is 125 cm³/mol. The number of aliphatic hydroxyl groups excluding tert-OH is 1. The van der Waals surface area contributed by atoms with Gasteiger partial charge in [0.25, 0.3) is 0 Å². The van der Waals surface area contributed by atoms with Gasteiger partial charge in [0.2, 0.25) is 0 Å². The molecule has 150 valence electrons. The molecule has 0 aliphatic heterocycles. The first-order valence-electron chi connectivity index (χ1n) is 9.40. The lowest BCUT2D eigenvalue weighted by molar-refractivity contribution is -0.0209. The molecule has 5 heteroatoms. The van der Waals surface area contributed by atoms with Crippen molar-refractivity contribution in [3.05, 3.63) is 117 Å². The van der Waals surface area contributed by atoms with Crippen LogP contribution in [0.25, 0.3) is 10.8 Å². The molecule has 4 rings (SSSR count). The van der Waals surface area contributed by atoms with Crippen LogP contribution in [0.2, 0.25) is 0 Å². The summed E-state index contributed by atoms with van der Waals surface area (Å²) in [5, 5.41) is 13.1. The van der Waals surface area contributed by atoms with Crippen LogP contribution in [0.5, 0.6) is 0 Å². The number of rotatable bonds is 5. The standard InChI is InChI=1S/C25H18Br2O3/c26-21-11-7-17(8-12-21)23(28)24(18-9-13-22(27)14-10-18)30-25(29)20-6-5-16-3-1-2-4-19(16)15-20/h1-15,23-24,28H/t23-,24+/m0/s1. The van der Waals surface area contributed by atoms with Crippen molar-refractivity contribution in [2.75, 3.05) is 0 Å². The van der Waals surface area contributed by atoms with Crippen molar-refractivity contribution in [3.8, 4) is 0 Å². The monoisotopic (exact) mass is 524 g/mol. The topological polar surface area (TPSA) is 46.5 Å². The van der Waals surface area contributed by atoms with Gasteiger partial charge in [-0.05, 0) is 58.3 Å². The number of ether oxygens (including phenoxy) is 1. The number of carbonyl (C=O) groups is 1. The van der Waals surface area contributed by atoms with E-state index in [1.165, 1.54) is 0 Å². The van der Waals surface area contributed by atoms with Crippen LogP contribution in [0.1, 0.15) is 33.7 Å². The summed E-state index contributed by atoms with van der Waals surface area (Å²) in [6, 6.07) is 28.0. The molecule has 0 fully saturated rings. The third-order valence-corrected chi connectivity index (χ3v) is 5.97. The second-order valence-electron chi connectivity index (χ2n) is 6.94. The third-order valence-electron chi connectivity index (χ3n) is 4.92. The predicted octanol–water partition coefficient (Wildman–Crippen LogP) is 7.00. The van der Waals surface area contributed by atoms with Crippen molar-refractivity contribution < 1.29 is 14.6 Å². The molecule has 0 heterocycles. The second-order valence-corrected chi connectivity index (χ2v) is 8.77. The van der Waals surface area contributed by atoms with E-state index in [1.807, 2.05) is 84.9 Å². The van der Waals surface area contributed by atoms with Gasteiger partial charge in [0.1, 0.15) is 6.10 Å². The van der Waals surface area contributed by atoms with Crippen molar-refractivity contribution in [1.82, 2.24) is 0 Å². The van der Waals surface area contributed by atoms with E-state index < -0.39 is 18.2 Å². The molecule has 0 amide bonds. The summed E-state index contributed by atoms with van der Waals surface area (Å²) in [6.07, 6.45) is -1.86. The minimum atomic E-state index is -1.01. The van der Waals surface area contributed by atoms with Crippen molar-refractivity contribution in [1.29, 1.82) is 0 Å². The number of halogens is 2. The third kappa shape index (κ3) is 4.64. The summed E-state index contributed by atoms with van der Waals surface area (Å²) in [5.74, 6) is -0.482. The summed E-state index contributed by atoms with van der Waals surface area (Å²) in [5.41, 5.74) is 1.82. The summed E-state index contributed by atoms with van der Waals surface area (Å²) in [7, 11) is 0. The zero-order valence-electron chi connectivity index (χ0n) is 15.8. The SMILES string of the molecule is O=C(O[C@H](c1ccc(Br)cc1)[C@@H](O)c1ccc(Br)cc1)c1ccc2ccccc2c1.